The number of aromatic nitrogens is 1. The van der Waals surface area contributed by atoms with Crippen LogP contribution >= 0.6 is 15.9 Å². The van der Waals surface area contributed by atoms with Crippen LogP contribution in [0, 0.1) is 0 Å². The molecule has 146 valence electrons. The van der Waals surface area contributed by atoms with Gasteiger partial charge in [-0.2, -0.15) is 0 Å². The second-order valence-corrected chi connectivity index (χ2v) is 9.64. The van der Waals surface area contributed by atoms with Crippen LogP contribution in [0.25, 0.3) is 0 Å². The van der Waals surface area contributed by atoms with E-state index in [4.69, 9.17) is 4.74 Å². The average Bonchev–Trinajstić information content (AvgIpc) is 3.14. The molecule has 1 aromatic heterocycles. The molecule has 3 rings (SSSR count). The Hall–Kier alpha value is -1.44. The number of benzene rings is 1. The van der Waals surface area contributed by atoms with Crippen LogP contribution in [0.4, 0.5) is 0 Å². The highest BCUT2D eigenvalue weighted by molar-refractivity contribution is 9.08. The lowest BCUT2D eigenvalue weighted by Gasteiger charge is -2.26. The summed E-state index contributed by atoms with van der Waals surface area (Å²) in [5.41, 5.74) is 0.905. The Labute approximate surface area is 169 Å². The molecule has 5 nitrogen and oxygen atoms in total. The standard InChI is InChI=1S/C20H25BrN2O3S/c1-20(2,15-10-11-16(13-21)22-14-15)23-27(24,25)19-9-5-8-18(12-19)26-17-6-3-4-7-17/h5,8-12,14,17,23H,3-4,6-7,13H2,1-2H3. The first-order valence-electron chi connectivity index (χ1n) is 9.12. The third kappa shape index (κ3) is 5.09. The van der Waals surface area contributed by atoms with Gasteiger partial charge in [-0.1, -0.05) is 28.1 Å². The minimum absolute atomic E-state index is 0.186. The van der Waals surface area contributed by atoms with Crippen LogP contribution in [0.2, 0.25) is 0 Å². The molecule has 0 saturated heterocycles. The van der Waals surface area contributed by atoms with Crippen LogP contribution in [-0.4, -0.2) is 19.5 Å². The summed E-state index contributed by atoms with van der Waals surface area (Å²) < 4.78 is 34.6. The van der Waals surface area contributed by atoms with Crippen molar-refractivity contribution < 1.29 is 13.2 Å². The Morgan fingerprint density at radius 3 is 2.59 bits per heavy atom. The van der Waals surface area contributed by atoms with Gasteiger partial charge in [-0.25, -0.2) is 13.1 Å². The molecule has 0 bridgehead atoms. The number of rotatable bonds is 7. The summed E-state index contributed by atoms with van der Waals surface area (Å²) in [6, 6.07) is 10.5. The van der Waals surface area contributed by atoms with E-state index in [2.05, 4.69) is 25.6 Å². The van der Waals surface area contributed by atoms with E-state index in [-0.39, 0.29) is 11.0 Å². The zero-order valence-electron chi connectivity index (χ0n) is 15.6. The van der Waals surface area contributed by atoms with Crippen molar-refractivity contribution in [1.29, 1.82) is 0 Å². The highest BCUT2D eigenvalue weighted by Gasteiger charge is 2.28. The normalized spacial score (nSPS) is 15.8. The number of alkyl halides is 1. The molecule has 27 heavy (non-hydrogen) atoms. The molecule has 1 saturated carbocycles. The van der Waals surface area contributed by atoms with Gasteiger partial charge in [-0.3, -0.25) is 4.98 Å². The largest absolute Gasteiger partial charge is 0.490 e. The van der Waals surface area contributed by atoms with E-state index in [1.807, 2.05) is 32.0 Å². The van der Waals surface area contributed by atoms with E-state index < -0.39 is 15.6 Å². The van der Waals surface area contributed by atoms with E-state index >= 15 is 0 Å². The molecular weight excluding hydrogens is 428 g/mol. The third-order valence-corrected chi connectivity index (χ3v) is 7.02. The molecule has 0 aliphatic heterocycles. The molecule has 0 spiro atoms. The molecule has 1 aromatic carbocycles. The van der Waals surface area contributed by atoms with Gasteiger partial charge in [-0.15, -0.1) is 0 Å². The minimum Gasteiger partial charge on any atom is -0.490 e. The van der Waals surface area contributed by atoms with Gasteiger partial charge in [-0.05, 0) is 63.3 Å². The molecule has 1 aliphatic rings. The summed E-state index contributed by atoms with van der Waals surface area (Å²) in [7, 11) is -3.70. The number of ether oxygens (including phenoxy) is 1. The number of nitrogens with zero attached hydrogens (tertiary/aromatic N) is 1. The van der Waals surface area contributed by atoms with Gasteiger partial charge in [0.25, 0.3) is 0 Å². The molecule has 1 fully saturated rings. The highest BCUT2D eigenvalue weighted by atomic mass is 79.9. The maximum absolute atomic E-state index is 12.9. The number of hydrogen-bond donors (Lipinski definition) is 1. The van der Waals surface area contributed by atoms with Gasteiger partial charge in [0.05, 0.1) is 22.2 Å². The molecule has 1 N–H and O–H groups in total. The van der Waals surface area contributed by atoms with E-state index in [9.17, 15) is 8.42 Å². The lowest BCUT2D eigenvalue weighted by molar-refractivity contribution is 0.209. The highest BCUT2D eigenvalue weighted by Crippen LogP contribution is 2.27. The van der Waals surface area contributed by atoms with E-state index in [1.54, 1.807) is 24.4 Å². The molecular formula is C20H25BrN2O3S. The van der Waals surface area contributed by atoms with Crippen LogP contribution in [0.5, 0.6) is 5.75 Å². The summed E-state index contributed by atoms with van der Waals surface area (Å²) in [5, 5.41) is 0.660. The second-order valence-electron chi connectivity index (χ2n) is 7.40. The summed E-state index contributed by atoms with van der Waals surface area (Å²) in [4.78, 5) is 4.54. The summed E-state index contributed by atoms with van der Waals surface area (Å²) in [6.07, 6.45) is 6.28. The van der Waals surface area contributed by atoms with E-state index in [0.717, 1.165) is 24.1 Å². The van der Waals surface area contributed by atoms with Crippen molar-refractivity contribution in [2.45, 2.75) is 61.4 Å². The fraction of sp³-hybridized carbons (Fsp3) is 0.450. The van der Waals surface area contributed by atoms with Gasteiger partial charge < -0.3 is 4.74 Å². The first kappa shape index (κ1) is 20.3. The van der Waals surface area contributed by atoms with E-state index in [0.29, 0.717) is 11.1 Å². The lowest BCUT2D eigenvalue weighted by atomic mass is 9.97. The molecule has 2 aromatic rings. The number of sulfonamides is 1. The maximum Gasteiger partial charge on any atom is 0.241 e. The van der Waals surface area contributed by atoms with Gasteiger partial charge >= 0.3 is 0 Å². The predicted octanol–water partition coefficient (Wildman–Crippen LogP) is 4.51. The van der Waals surface area contributed by atoms with Gasteiger partial charge in [0.2, 0.25) is 10.0 Å². The number of halogens is 1. The number of nitrogens with one attached hydrogen (secondary N) is 1. The molecule has 0 atom stereocenters. The zero-order chi connectivity index (χ0) is 19.5. The van der Waals surface area contributed by atoms with Crippen molar-refractivity contribution in [2.75, 3.05) is 0 Å². The van der Waals surface area contributed by atoms with Crippen molar-refractivity contribution >= 4 is 26.0 Å². The van der Waals surface area contributed by atoms with Crippen LogP contribution in [0.15, 0.2) is 47.5 Å². The fourth-order valence-electron chi connectivity index (χ4n) is 3.24. The first-order chi connectivity index (χ1) is 12.8. The van der Waals surface area contributed by atoms with Gasteiger partial charge in [0.1, 0.15) is 5.75 Å². The van der Waals surface area contributed by atoms with Crippen LogP contribution < -0.4 is 9.46 Å². The third-order valence-electron chi connectivity index (χ3n) is 4.79. The Bertz CT molecular complexity index is 876. The predicted molar refractivity (Wildman–Crippen MR) is 110 cm³/mol. The van der Waals surface area contributed by atoms with Gasteiger partial charge in [0, 0.05) is 17.6 Å². The second kappa shape index (κ2) is 8.29. The number of hydrogen-bond acceptors (Lipinski definition) is 4. The fourth-order valence-corrected chi connectivity index (χ4v) is 5.01. The van der Waals surface area contributed by atoms with Crippen LogP contribution in [-0.2, 0) is 20.9 Å². The number of pyridine rings is 1. The molecule has 0 radical (unpaired) electrons. The van der Waals surface area contributed by atoms with Crippen molar-refractivity contribution in [3.05, 3.63) is 53.9 Å². The zero-order valence-corrected chi connectivity index (χ0v) is 18.0. The summed E-state index contributed by atoms with van der Waals surface area (Å²) in [6.45, 7) is 3.66. The summed E-state index contributed by atoms with van der Waals surface area (Å²) >= 11 is 3.36. The minimum atomic E-state index is -3.70. The average molecular weight is 453 g/mol. The quantitative estimate of drug-likeness (QED) is 0.627. The Balaban J connectivity index is 1.78. The first-order valence-corrected chi connectivity index (χ1v) is 11.7. The molecule has 1 heterocycles. The Morgan fingerprint density at radius 1 is 1.22 bits per heavy atom. The van der Waals surface area contributed by atoms with Crippen molar-refractivity contribution in [3.63, 3.8) is 0 Å². The summed E-state index contributed by atoms with van der Waals surface area (Å²) in [5.74, 6) is 0.603. The molecule has 1 aliphatic carbocycles. The van der Waals surface area contributed by atoms with Crippen molar-refractivity contribution in [1.82, 2.24) is 9.71 Å². The van der Waals surface area contributed by atoms with Crippen LogP contribution in [0.1, 0.15) is 50.8 Å². The Morgan fingerprint density at radius 2 is 1.96 bits per heavy atom. The molecule has 0 amide bonds. The van der Waals surface area contributed by atoms with Crippen molar-refractivity contribution in [2.24, 2.45) is 0 Å². The van der Waals surface area contributed by atoms with Crippen molar-refractivity contribution in [3.8, 4) is 5.75 Å². The topological polar surface area (TPSA) is 68.3 Å². The van der Waals surface area contributed by atoms with E-state index in [1.165, 1.54) is 12.8 Å². The molecule has 0 unspecified atom stereocenters. The van der Waals surface area contributed by atoms with Gasteiger partial charge in [0.15, 0.2) is 0 Å². The molecule has 7 heteroatoms. The monoisotopic (exact) mass is 452 g/mol. The van der Waals surface area contributed by atoms with Crippen LogP contribution in [0.3, 0.4) is 0 Å². The smallest absolute Gasteiger partial charge is 0.241 e. The maximum atomic E-state index is 12.9. The SMILES string of the molecule is CC(C)(NS(=O)(=O)c1cccc(OC2CCCC2)c1)c1ccc(CBr)nc1. The Kier molecular flexibility index (Phi) is 6.23. The lowest BCUT2D eigenvalue weighted by Crippen LogP contribution is -2.41.